The molecule has 0 N–H and O–H groups in total. The summed E-state index contributed by atoms with van der Waals surface area (Å²) >= 11 is 3.57. The van der Waals surface area contributed by atoms with Crippen molar-refractivity contribution in [1.29, 1.82) is 0 Å². The topological polar surface area (TPSA) is 0 Å². The molecule has 0 aliphatic carbocycles. The lowest BCUT2D eigenvalue weighted by atomic mass is 10.5. The first-order valence-corrected chi connectivity index (χ1v) is 9.13. The van der Waals surface area contributed by atoms with Gasteiger partial charge >= 0.3 is 0 Å². The Bertz CT molecular complexity index is 134. The summed E-state index contributed by atoms with van der Waals surface area (Å²) in [6, 6.07) is 0. The molecule has 0 nitrogen and oxygen atoms in total. The molecule has 0 unspecified atom stereocenters. The molecule has 0 bridgehead atoms. The number of hydrogen-bond donors (Lipinski definition) is 0. The van der Waals surface area contributed by atoms with Gasteiger partial charge in [-0.2, -0.15) is 0 Å². The fourth-order valence-corrected chi connectivity index (χ4v) is 9.44. The summed E-state index contributed by atoms with van der Waals surface area (Å²) < 4.78 is 0. The summed E-state index contributed by atoms with van der Waals surface area (Å²) in [4.78, 5) is 0. The molecule has 0 heterocycles. The van der Waals surface area contributed by atoms with Crippen molar-refractivity contribution in [1.82, 2.24) is 0 Å². The zero-order valence-electron chi connectivity index (χ0n) is 11.1. The van der Waals surface area contributed by atoms with Crippen molar-refractivity contribution in [3.05, 3.63) is 0 Å². The van der Waals surface area contributed by atoms with Crippen LogP contribution in [0.4, 0.5) is 0 Å². The molecule has 0 spiro atoms. The van der Waals surface area contributed by atoms with E-state index in [-0.39, 0.29) is 17.0 Å². The summed E-state index contributed by atoms with van der Waals surface area (Å²) in [5.41, 5.74) is 2.67. The fraction of sp³-hybridized carbons (Fsp3) is 1.00. The van der Waals surface area contributed by atoms with Gasteiger partial charge in [-0.1, -0.05) is 15.9 Å². The molecule has 0 aromatic heterocycles. The Morgan fingerprint density at radius 2 is 1.20 bits per heavy atom. The summed E-state index contributed by atoms with van der Waals surface area (Å²) in [6.07, 6.45) is 2.81. The highest BCUT2D eigenvalue weighted by Crippen LogP contribution is 2.70. The molecule has 0 aromatic rings. The maximum Gasteiger partial charge on any atom is 0.0646 e. The Morgan fingerprint density at radius 3 is 1.40 bits per heavy atom. The molecule has 0 fully saturated rings. The molecular weight excluding hydrogens is 335 g/mol. The monoisotopic (exact) mass is 360 g/mol. The minimum Gasteiger partial charge on any atom is -1.00 e. The van der Waals surface area contributed by atoms with Crippen LogP contribution in [-0.2, 0) is 0 Å². The molecule has 15 heavy (non-hydrogen) atoms. The molecular formula is C12H27Br2P. The van der Waals surface area contributed by atoms with Crippen molar-refractivity contribution < 1.29 is 17.0 Å². The van der Waals surface area contributed by atoms with Gasteiger partial charge in [0.2, 0.25) is 0 Å². The third-order valence-electron chi connectivity index (χ3n) is 3.56. The number of alkyl halides is 1. The van der Waals surface area contributed by atoms with Crippen LogP contribution >= 0.6 is 23.2 Å². The van der Waals surface area contributed by atoms with Crippen molar-refractivity contribution in [3.63, 3.8) is 0 Å². The highest BCUT2D eigenvalue weighted by Gasteiger charge is 2.46. The van der Waals surface area contributed by atoms with Gasteiger partial charge in [0.1, 0.15) is 0 Å². The van der Waals surface area contributed by atoms with E-state index in [1.165, 1.54) is 17.9 Å². The molecule has 94 valence electrons. The molecule has 0 aliphatic heterocycles. The smallest absolute Gasteiger partial charge is 0.0646 e. The van der Waals surface area contributed by atoms with Crippen LogP contribution in [0.25, 0.3) is 0 Å². The lowest BCUT2D eigenvalue weighted by molar-refractivity contribution is -0.00000331. The quantitative estimate of drug-likeness (QED) is 0.501. The predicted molar refractivity (Wildman–Crippen MR) is 75.6 cm³/mol. The first-order chi connectivity index (χ1) is 6.39. The molecule has 0 radical (unpaired) electrons. The van der Waals surface area contributed by atoms with E-state index in [1.807, 2.05) is 0 Å². The minimum atomic E-state index is -0.759. The Labute approximate surface area is 116 Å². The summed E-state index contributed by atoms with van der Waals surface area (Å²) in [5, 5.41) is 1.17. The Hall–Kier alpha value is 1.39. The summed E-state index contributed by atoms with van der Waals surface area (Å²) in [5.74, 6) is 0. The Kier molecular flexibility index (Phi) is 10.6. The van der Waals surface area contributed by atoms with Gasteiger partial charge in [0.25, 0.3) is 0 Å². The molecule has 0 amide bonds. The van der Waals surface area contributed by atoms with E-state index in [9.17, 15) is 0 Å². The normalized spacial score (nSPS) is 12.4. The third kappa shape index (κ3) is 4.64. The highest BCUT2D eigenvalue weighted by molar-refractivity contribution is 9.09. The first-order valence-electron chi connectivity index (χ1n) is 5.82. The highest BCUT2D eigenvalue weighted by atomic mass is 79.9. The molecule has 0 aliphatic rings. The number of halogens is 2. The van der Waals surface area contributed by atoms with E-state index >= 15 is 0 Å². The van der Waals surface area contributed by atoms with Crippen molar-refractivity contribution in [2.75, 3.05) is 11.5 Å². The van der Waals surface area contributed by atoms with Gasteiger partial charge in [0.05, 0.1) is 23.1 Å². The van der Waals surface area contributed by atoms with Crippen LogP contribution in [0.2, 0.25) is 0 Å². The zero-order chi connectivity index (χ0) is 11.4. The van der Waals surface area contributed by atoms with Crippen LogP contribution in [0.5, 0.6) is 0 Å². The van der Waals surface area contributed by atoms with Gasteiger partial charge in [-0.3, -0.25) is 0 Å². The average molecular weight is 362 g/mol. The van der Waals surface area contributed by atoms with Crippen LogP contribution < -0.4 is 17.0 Å². The molecule has 0 saturated heterocycles. The SMILES string of the molecule is CC(C)[P+](CCCBr)(C(C)C)C(C)C.[Br-]. The second-order valence-electron chi connectivity index (χ2n) is 5.04. The molecule has 0 aromatic carbocycles. The van der Waals surface area contributed by atoms with Crippen molar-refractivity contribution in [2.45, 2.75) is 64.9 Å². The van der Waals surface area contributed by atoms with Gasteiger partial charge in [-0.15, -0.1) is 0 Å². The lowest BCUT2D eigenvalue weighted by Crippen LogP contribution is -3.00. The molecule has 0 saturated carbocycles. The standard InChI is InChI=1S/C12H27BrP.BrH/c1-10(2)14(11(3)4,12(5)6)9-7-8-13;/h10-12H,7-9H2,1-6H3;1H/q+1;/p-1. The van der Waals surface area contributed by atoms with E-state index in [2.05, 4.69) is 57.5 Å². The first kappa shape index (κ1) is 18.7. The minimum absolute atomic E-state index is 0. The molecule has 3 heteroatoms. The Balaban J connectivity index is 0. The van der Waals surface area contributed by atoms with Crippen LogP contribution in [0.1, 0.15) is 48.0 Å². The van der Waals surface area contributed by atoms with Gasteiger partial charge in [0, 0.05) is 12.6 Å². The lowest BCUT2D eigenvalue weighted by Gasteiger charge is -2.38. The fourth-order valence-electron chi connectivity index (χ4n) is 2.90. The van der Waals surface area contributed by atoms with Crippen LogP contribution in [0.15, 0.2) is 0 Å². The van der Waals surface area contributed by atoms with Gasteiger partial charge in [-0.25, -0.2) is 0 Å². The number of hydrogen-bond acceptors (Lipinski definition) is 0. The van der Waals surface area contributed by atoms with Crippen molar-refractivity contribution in [2.24, 2.45) is 0 Å². The Morgan fingerprint density at radius 1 is 0.867 bits per heavy atom. The van der Waals surface area contributed by atoms with Gasteiger partial charge < -0.3 is 17.0 Å². The largest absolute Gasteiger partial charge is 1.00 e. The van der Waals surface area contributed by atoms with E-state index in [0.29, 0.717) is 0 Å². The van der Waals surface area contributed by atoms with Crippen LogP contribution in [-0.4, -0.2) is 28.5 Å². The second-order valence-corrected chi connectivity index (χ2v) is 11.4. The van der Waals surface area contributed by atoms with Crippen molar-refractivity contribution >= 4 is 23.2 Å². The number of rotatable bonds is 6. The summed E-state index contributed by atoms with van der Waals surface area (Å²) in [6.45, 7) is 14.6. The van der Waals surface area contributed by atoms with Gasteiger partial charge in [-0.05, 0) is 48.0 Å². The maximum atomic E-state index is 3.57. The predicted octanol–water partition coefficient (Wildman–Crippen LogP) is 2.02. The van der Waals surface area contributed by atoms with Gasteiger partial charge in [0.15, 0.2) is 0 Å². The van der Waals surface area contributed by atoms with E-state index < -0.39 is 7.26 Å². The van der Waals surface area contributed by atoms with E-state index in [1.54, 1.807) is 0 Å². The van der Waals surface area contributed by atoms with Crippen LogP contribution in [0.3, 0.4) is 0 Å². The third-order valence-corrected chi connectivity index (χ3v) is 11.0. The van der Waals surface area contributed by atoms with Crippen LogP contribution in [0, 0.1) is 0 Å². The zero-order valence-corrected chi connectivity index (χ0v) is 15.1. The molecule has 0 atom stereocenters. The maximum absolute atomic E-state index is 3.57. The van der Waals surface area contributed by atoms with E-state index in [0.717, 1.165) is 17.0 Å². The second kappa shape index (κ2) is 8.48. The molecule has 0 rings (SSSR count). The van der Waals surface area contributed by atoms with E-state index in [4.69, 9.17) is 0 Å². The van der Waals surface area contributed by atoms with Crippen molar-refractivity contribution in [3.8, 4) is 0 Å². The summed E-state index contributed by atoms with van der Waals surface area (Å²) in [7, 11) is -0.759. The average Bonchev–Trinajstić information content (AvgIpc) is 2.03.